The van der Waals surface area contributed by atoms with Crippen molar-refractivity contribution in [1.82, 2.24) is 10.3 Å². The first-order valence-corrected chi connectivity index (χ1v) is 7.25. The van der Waals surface area contributed by atoms with E-state index in [0.717, 1.165) is 9.48 Å². The van der Waals surface area contributed by atoms with Gasteiger partial charge in [-0.25, -0.2) is 4.98 Å². The van der Waals surface area contributed by atoms with Crippen molar-refractivity contribution >= 4 is 27.3 Å². The molecule has 0 aliphatic heterocycles. The van der Waals surface area contributed by atoms with Gasteiger partial charge in [-0.1, -0.05) is 28.1 Å². The van der Waals surface area contributed by atoms with Crippen LogP contribution in [0.2, 0.25) is 0 Å². The van der Waals surface area contributed by atoms with Crippen molar-refractivity contribution < 1.29 is 0 Å². The van der Waals surface area contributed by atoms with Gasteiger partial charge in [0.25, 0.3) is 0 Å². The number of hydrogen-bond acceptors (Lipinski definition) is 3. The Hall–Kier alpha value is -0.710. The van der Waals surface area contributed by atoms with Crippen LogP contribution >= 0.6 is 27.3 Å². The summed E-state index contributed by atoms with van der Waals surface area (Å²) >= 11 is 5.14. The van der Waals surface area contributed by atoms with Gasteiger partial charge >= 0.3 is 0 Å². The average Bonchev–Trinajstić information content (AvgIpc) is 2.83. The standard InChI is InChI=1S/C13H15BrN2S/c1-9(11-3-5-12(14)6-4-11)16-10(2)13-15-7-8-17-13/h3-10,16H,1-2H3/t9-,10?/m0/s1. The number of benzene rings is 1. The summed E-state index contributed by atoms with van der Waals surface area (Å²) in [6, 6.07) is 9.02. The van der Waals surface area contributed by atoms with E-state index >= 15 is 0 Å². The maximum absolute atomic E-state index is 4.33. The van der Waals surface area contributed by atoms with Crippen molar-refractivity contribution in [1.29, 1.82) is 0 Å². The maximum atomic E-state index is 4.33. The van der Waals surface area contributed by atoms with Gasteiger partial charge in [-0.3, -0.25) is 0 Å². The number of rotatable bonds is 4. The van der Waals surface area contributed by atoms with E-state index in [2.05, 4.69) is 64.3 Å². The van der Waals surface area contributed by atoms with E-state index < -0.39 is 0 Å². The Bertz CT molecular complexity index is 453. The first-order chi connectivity index (χ1) is 8.16. The molecule has 1 unspecified atom stereocenters. The lowest BCUT2D eigenvalue weighted by molar-refractivity contribution is 0.493. The monoisotopic (exact) mass is 310 g/mol. The van der Waals surface area contributed by atoms with Gasteiger partial charge in [-0.2, -0.15) is 0 Å². The van der Waals surface area contributed by atoms with Crippen LogP contribution in [0.25, 0.3) is 0 Å². The highest BCUT2D eigenvalue weighted by Crippen LogP contribution is 2.21. The number of aromatic nitrogens is 1. The zero-order valence-electron chi connectivity index (χ0n) is 9.85. The quantitative estimate of drug-likeness (QED) is 0.909. The van der Waals surface area contributed by atoms with Gasteiger partial charge in [-0.05, 0) is 31.5 Å². The second-order valence-corrected chi connectivity index (χ2v) is 5.87. The van der Waals surface area contributed by atoms with E-state index in [1.165, 1.54) is 5.56 Å². The van der Waals surface area contributed by atoms with Crippen LogP contribution in [-0.4, -0.2) is 4.98 Å². The fourth-order valence-corrected chi connectivity index (χ4v) is 2.66. The lowest BCUT2D eigenvalue weighted by atomic mass is 10.1. The maximum Gasteiger partial charge on any atom is 0.109 e. The number of halogens is 1. The van der Waals surface area contributed by atoms with Crippen LogP contribution in [0, 0.1) is 0 Å². The predicted molar refractivity (Wildman–Crippen MR) is 76.2 cm³/mol. The molecule has 1 aromatic heterocycles. The second-order valence-electron chi connectivity index (χ2n) is 4.03. The molecule has 4 heteroatoms. The van der Waals surface area contributed by atoms with Crippen molar-refractivity contribution in [2.75, 3.05) is 0 Å². The van der Waals surface area contributed by atoms with Gasteiger partial charge in [0.1, 0.15) is 5.01 Å². The van der Waals surface area contributed by atoms with Gasteiger partial charge < -0.3 is 5.32 Å². The molecular formula is C13H15BrN2S. The van der Waals surface area contributed by atoms with Crippen LogP contribution in [0.3, 0.4) is 0 Å². The molecule has 0 fully saturated rings. The fraction of sp³-hybridized carbons (Fsp3) is 0.308. The van der Waals surface area contributed by atoms with E-state index in [-0.39, 0.29) is 6.04 Å². The molecule has 0 aliphatic carbocycles. The Morgan fingerprint density at radius 3 is 2.47 bits per heavy atom. The molecule has 2 aromatic rings. The van der Waals surface area contributed by atoms with E-state index in [0.29, 0.717) is 6.04 Å². The molecule has 0 amide bonds. The third-order valence-electron chi connectivity index (χ3n) is 2.69. The van der Waals surface area contributed by atoms with Crippen molar-refractivity contribution in [3.05, 3.63) is 50.9 Å². The third-order valence-corrected chi connectivity index (χ3v) is 4.18. The highest BCUT2D eigenvalue weighted by Gasteiger charge is 2.12. The van der Waals surface area contributed by atoms with Crippen molar-refractivity contribution in [3.63, 3.8) is 0 Å². The molecule has 1 N–H and O–H groups in total. The summed E-state index contributed by atoms with van der Waals surface area (Å²) in [4.78, 5) is 4.33. The first-order valence-electron chi connectivity index (χ1n) is 5.57. The van der Waals surface area contributed by atoms with Crippen LogP contribution in [0.4, 0.5) is 0 Å². The summed E-state index contributed by atoms with van der Waals surface area (Å²) in [6.07, 6.45) is 1.85. The Morgan fingerprint density at radius 1 is 1.18 bits per heavy atom. The molecular weight excluding hydrogens is 296 g/mol. The van der Waals surface area contributed by atoms with Crippen molar-refractivity contribution in [3.8, 4) is 0 Å². The minimum absolute atomic E-state index is 0.286. The highest BCUT2D eigenvalue weighted by molar-refractivity contribution is 9.10. The molecule has 0 spiro atoms. The van der Waals surface area contributed by atoms with E-state index in [1.807, 2.05) is 11.6 Å². The number of nitrogens with zero attached hydrogens (tertiary/aromatic N) is 1. The molecule has 1 aromatic carbocycles. The average molecular weight is 311 g/mol. The highest BCUT2D eigenvalue weighted by atomic mass is 79.9. The molecule has 0 bridgehead atoms. The topological polar surface area (TPSA) is 24.9 Å². The summed E-state index contributed by atoms with van der Waals surface area (Å²) in [5.74, 6) is 0. The lowest BCUT2D eigenvalue weighted by Crippen LogP contribution is -2.22. The molecule has 0 radical (unpaired) electrons. The van der Waals surface area contributed by atoms with Crippen molar-refractivity contribution in [2.45, 2.75) is 25.9 Å². The summed E-state index contributed by atoms with van der Waals surface area (Å²) in [5, 5.41) is 6.70. The van der Waals surface area contributed by atoms with E-state index in [9.17, 15) is 0 Å². The molecule has 0 saturated carbocycles. The SMILES string of the molecule is CC(N[C@@H](C)c1ccc(Br)cc1)c1nccs1. The number of thiazole rings is 1. The van der Waals surface area contributed by atoms with Crippen LogP contribution in [0.15, 0.2) is 40.3 Å². The van der Waals surface area contributed by atoms with E-state index in [4.69, 9.17) is 0 Å². The van der Waals surface area contributed by atoms with Crippen LogP contribution in [0.5, 0.6) is 0 Å². The zero-order valence-corrected chi connectivity index (χ0v) is 12.3. The molecule has 17 heavy (non-hydrogen) atoms. The zero-order chi connectivity index (χ0) is 12.3. The largest absolute Gasteiger partial charge is 0.302 e. The summed E-state index contributed by atoms with van der Waals surface area (Å²) < 4.78 is 1.11. The summed E-state index contributed by atoms with van der Waals surface area (Å²) in [7, 11) is 0. The van der Waals surface area contributed by atoms with Crippen LogP contribution in [0.1, 0.15) is 36.5 Å². The van der Waals surface area contributed by atoms with Gasteiger partial charge in [0.05, 0.1) is 6.04 Å². The van der Waals surface area contributed by atoms with Gasteiger partial charge in [0.2, 0.25) is 0 Å². The fourth-order valence-electron chi connectivity index (χ4n) is 1.74. The first kappa shape index (κ1) is 12.7. The molecule has 2 atom stereocenters. The van der Waals surface area contributed by atoms with Gasteiger partial charge in [-0.15, -0.1) is 11.3 Å². The van der Waals surface area contributed by atoms with Crippen LogP contribution < -0.4 is 5.32 Å². The summed E-state index contributed by atoms with van der Waals surface area (Å²) in [5.41, 5.74) is 1.29. The Balaban J connectivity index is 2.01. The second kappa shape index (κ2) is 5.76. The molecule has 90 valence electrons. The Labute approximate surface area is 114 Å². The summed E-state index contributed by atoms with van der Waals surface area (Å²) in [6.45, 7) is 4.32. The Morgan fingerprint density at radius 2 is 1.88 bits per heavy atom. The molecule has 2 rings (SSSR count). The normalized spacial score (nSPS) is 14.5. The lowest BCUT2D eigenvalue weighted by Gasteiger charge is -2.18. The molecule has 0 aliphatic rings. The molecule has 0 saturated heterocycles. The minimum Gasteiger partial charge on any atom is -0.302 e. The van der Waals surface area contributed by atoms with Crippen LogP contribution in [-0.2, 0) is 0 Å². The Kier molecular flexibility index (Phi) is 4.31. The number of hydrogen-bond donors (Lipinski definition) is 1. The smallest absolute Gasteiger partial charge is 0.109 e. The molecule has 2 nitrogen and oxygen atoms in total. The predicted octanol–water partition coefficient (Wildman–Crippen LogP) is 4.32. The third kappa shape index (κ3) is 3.37. The van der Waals surface area contributed by atoms with Crippen molar-refractivity contribution in [2.24, 2.45) is 0 Å². The number of nitrogens with one attached hydrogen (secondary N) is 1. The molecule has 1 heterocycles. The minimum atomic E-state index is 0.286. The van der Waals surface area contributed by atoms with Gasteiger partial charge in [0.15, 0.2) is 0 Å². The van der Waals surface area contributed by atoms with Gasteiger partial charge in [0, 0.05) is 22.1 Å². The van der Waals surface area contributed by atoms with E-state index in [1.54, 1.807) is 11.3 Å².